The van der Waals surface area contributed by atoms with Gasteiger partial charge in [-0.3, -0.25) is 4.55 Å². The second-order valence-corrected chi connectivity index (χ2v) is 23.0. The first-order valence-electron chi connectivity index (χ1n) is 18.6. The molecule has 0 spiro atoms. The Hall–Kier alpha value is -2.32. The van der Waals surface area contributed by atoms with Crippen molar-refractivity contribution in [1.82, 2.24) is 0 Å². The summed E-state index contributed by atoms with van der Waals surface area (Å²) >= 11 is 0. The number of benzene rings is 4. The first-order valence-corrected chi connectivity index (χ1v) is 22.0. The van der Waals surface area contributed by atoms with Crippen LogP contribution < -0.4 is 11.0 Å². The molecule has 0 aliphatic carbocycles. The summed E-state index contributed by atoms with van der Waals surface area (Å²) in [7, 11) is -4.60. The van der Waals surface area contributed by atoms with E-state index >= 15 is 0 Å². The topological polar surface area (TPSA) is 80.4 Å². The Morgan fingerprint density at radius 1 is 0.679 bits per heavy atom. The summed E-state index contributed by atoms with van der Waals surface area (Å²) in [6.07, 6.45) is 0.715. The average molecular weight is 853 g/mol. The average Bonchev–Trinajstić information content (AvgIpc) is 3.01. The summed E-state index contributed by atoms with van der Waals surface area (Å²) in [6.45, 7) is 38.6. The Morgan fingerprint density at radius 2 is 1.11 bits per heavy atom. The van der Waals surface area contributed by atoms with Gasteiger partial charge in [-0.15, -0.1) is 35.9 Å². The van der Waals surface area contributed by atoms with Gasteiger partial charge in [0.2, 0.25) is 0 Å². The van der Waals surface area contributed by atoms with Crippen LogP contribution in [-0.4, -0.2) is 29.5 Å². The maximum Gasteiger partial charge on any atom is 2.00 e. The zero-order chi connectivity index (χ0) is 40.1. The molecule has 0 fully saturated rings. The zero-order valence-electron chi connectivity index (χ0n) is 35.6. The summed E-state index contributed by atoms with van der Waals surface area (Å²) < 4.78 is 25.9. The Morgan fingerprint density at radius 3 is 1.49 bits per heavy atom. The van der Waals surface area contributed by atoms with Crippen LogP contribution in [0.15, 0.2) is 60.7 Å². The molecule has 53 heavy (non-hydrogen) atoms. The normalized spacial score (nSPS) is 12.0. The number of nitrogens with two attached hydrogens (primary N) is 1. The van der Waals surface area contributed by atoms with Crippen LogP contribution in [0.4, 0.5) is 5.69 Å². The molecule has 4 rings (SSSR count). The minimum atomic E-state index is -3.67. The fourth-order valence-corrected chi connectivity index (χ4v) is 12.2. The molecule has 3 N–H and O–H groups in total. The molecule has 0 aliphatic heterocycles. The van der Waals surface area contributed by atoms with E-state index in [2.05, 4.69) is 129 Å². The second-order valence-electron chi connectivity index (χ2n) is 17.3. The van der Waals surface area contributed by atoms with Gasteiger partial charge < -0.3 is 5.73 Å². The number of hydrogen-bond acceptors (Lipinski definition) is 3. The predicted octanol–water partition coefficient (Wildman–Crippen LogP) is 12.6. The van der Waals surface area contributed by atoms with Crippen LogP contribution in [0, 0.1) is 33.8 Å². The summed E-state index contributed by atoms with van der Waals surface area (Å²) in [5.41, 5.74) is 22.4. The summed E-state index contributed by atoms with van der Waals surface area (Å²) in [6, 6.07) is 23.8. The van der Waals surface area contributed by atoms with Crippen LogP contribution in [0.3, 0.4) is 0 Å². The maximum atomic E-state index is 9.19. The summed E-state index contributed by atoms with van der Waals surface area (Å²) in [4.78, 5) is 0. The third-order valence-electron chi connectivity index (χ3n) is 9.78. The van der Waals surface area contributed by atoms with Gasteiger partial charge in [-0.05, 0) is 143 Å². The van der Waals surface area contributed by atoms with Crippen molar-refractivity contribution in [3.05, 3.63) is 106 Å². The van der Waals surface area contributed by atoms with Crippen molar-refractivity contribution in [1.29, 1.82) is 0 Å². The third-order valence-corrected chi connectivity index (χ3v) is 13.9. The van der Waals surface area contributed by atoms with Crippen LogP contribution in [-0.2, 0) is 30.5 Å². The number of rotatable bonds is 6. The minimum absolute atomic E-state index is 0. The second kappa shape index (κ2) is 19.5. The molecule has 294 valence electrons. The molecule has 0 unspecified atom stereocenters. The molecule has 0 aromatic heterocycles. The molecule has 0 saturated heterocycles. The first-order chi connectivity index (χ1) is 23.7. The van der Waals surface area contributed by atoms with Gasteiger partial charge in [0.05, 0.1) is 16.6 Å². The van der Waals surface area contributed by atoms with Crippen molar-refractivity contribution in [3.8, 4) is 22.3 Å². The molecular weight excluding hydrogens is 784 g/mol. The van der Waals surface area contributed by atoms with Crippen molar-refractivity contribution in [2.45, 2.75) is 139 Å². The standard InChI is InChI=1S/C33H53P.C12H10N.CH4O3S.Pd/c1-19(2)26-17-27(20(3)4)30(28(18-26)21(5)6)29-24(9)22(7)23(8)25(10)31(29)34(32(11,12)13)33(14,15)16;13-12-9-5-4-8-11(12)10-6-2-1-3-7-10;1-5(2,3)4;/h17-21H,1-16H3;1-6,8-9H,13H2;1H3,(H,2,3,4);/q;-1;;+2/p+1. The smallest absolute Gasteiger partial charge is 0.406 e. The molecule has 0 heterocycles. The maximum absolute atomic E-state index is 9.19. The summed E-state index contributed by atoms with van der Waals surface area (Å²) in [5.74, 6) is 1.51. The first kappa shape index (κ1) is 48.7. The number of nitrogen functional groups attached to an aromatic ring is 1. The largest absolute Gasteiger partial charge is 2.00 e. The van der Waals surface area contributed by atoms with E-state index in [1.165, 1.54) is 38.9 Å². The van der Waals surface area contributed by atoms with Gasteiger partial charge >= 0.3 is 20.4 Å². The number of anilines is 1. The fourth-order valence-electron chi connectivity index (χ4n) is 7.36. The van der Waals surface area contributed by atoms with Gasteiger partial charge in [-0.1, -0.05) is 77.4 Å². The predicted molar refractivity (Wildman–Crippen MR) is 233 cm³/mol. The minimum Gasteiger partial charge on any atom is -0.406 e. The van der Waals surface area contributed by atoms with E-state index in [4.69, 9.17) is 10.3 Å². The van der Waals surface area contributed by atoms with E-state index in [0.717, 1.165) is 16.8 Å². The van der Waals surface area contributed by atoms with Crippen molar-refractivity contribution in [2.24, 2.45) is 0 Å². The Bertz CT molecular complexity index is 1870. The summed E-state index contributed by atoms with van der Waals surface area (Å²) in [5, 5.41) is 2.20. The van der Waals surface area contributed by atoms with Gasteiger partial charge in [0.15, 0.2) is 0 Å². The van der Waals surface area contributed by atoms with Gasteiger partial charge in [-0.25, -0.2) is 0 Å². The van der Waals surface area contributed by atoms with Crippen molar-refractivity contribution in [2.75, 3.05) is 12.0 Å². The number of para-hydroxylation sites is 1. The van der Waals surface area contributed by atoms with Gasteiger partial charge in [0.1, 0.15) is 5.30 Å². The van der Waals surface area contributed by atoms with Gasteiger partial charge in [0.25, 0.3) is 10.1 Å². The van der Waals surface area contributed by atoms with E-state index in [9.17, 15) is 8.42 Å². The number of hydrogen-bond donors (Lipinski definition) is 2. The van der Waals surface area contributed by atoms with E-state index in [1.54, 1.807) is 16.4 Å². The Labute approximate surface area is 339 Å². The molecule has 4 aromatic rings. The molecule has 0 amide bonds. The quantitative estimate of drug-likeness (QED) is 0.0666. The van der Waals surface area contributed by atoms with Gasteiger partial charge in [-0.2, -0.15) is 8.42 Å². The van der Waals surface area contributed by atoms with Crippen LogP contribution in [0.25, 0.3) is 22.3 Å². The Balaban J connectivity index is 0.000000603. The molecule has 4 aromatic carbocycles. The van der Waals surface area contributed by atoms with E-state index in [-0.39, 0.29) is 30.7 Å². The molecule has 0 saturated carbocycles. The molecule has 0 aliphatic rings. The van der Waals surface area contributed by atoms with Crippen molar-refractivity contribution in [3.63, 3.8) is 0 Å². The van der Waals surface area contributed by atoms with Crippen molar-refractivity contribution < 1.29 is 33.4 Å². The van der Waals surface area contributed by atoms with Crippen LogP contribution >= 0.6 is 7.92 Å². The van der Waals surface area contributed by atoms with Crippen LogP contribution in [0.1, 0.15) is 140 Å². The van der Waals surface area contributed by atoms with Crippen LogP contribution in [0.5, 0.6) is 0 Å². The SMILES string of the molecule is CS(=O)(=O)O.Cc1c(C)c(C)c([PH+](C(C)(C)C)C(C)(C)C)c(-c2c(C(C)C)cc(C(C)C)cc2C(C)C)c1C.Nc1ccccc1-c1[c-]cccc1.[Pd+2]. The Kier molecular flexibility index (Phi) is 17.9. The molecule has 0 bridgehead atoms. The van der Waals surface area contributed by atoms with Gasteiger partial charge in [0, 0.05) is 13.5 Å². The van der Waals surface area contributed by atoms with E-state index < -0.39 is 18.0 Å². The zero-order valence-corrected chi connectivity index (χ0v) is 38.9. The van der Waals surface area contributed by atoms with E-state index in [0.29, 0.717) is 24.0 Å². The molecular formula is C46H68NO3PPdS+2. The molecule has 0 atom stereocenters. The fraction of sp³-hybridized carbons (Fsp3) is 0.478. The molecule has 0 radical (unpaired) electrons. The van der Waals surface area contributed by atoms with E-state index in [1.807, 2.05) is 48.5 Å². The molecule has 7 heteroatoms. The third kappa shape index (κ3) is 13.1. The monoisotopic (exact) mass is 851 g/mol. The van der Waals surface area contributed by atoms with Crippen LogP contribution in [0.2, 0.25) is 0 Å². The molecule has 4 nitrogen and oxygen atoms in total. The van der Waals surface area contributed by atoms with Crippen molar-refractivity contribution >= 4 is 29.0 Å².